The molecule has 0 aliphatic carbocycles. The third-order valence-electron chi connectivity index (χ3n) is 3.63. The molecular weight excluding hydrogens is 341 g/mol. The molecule has 0 fully saturated rings. The Balaban J connectivity index is 1.82. The molecule has 5 nitrogen and oxygen atoms in total. The minimum absolute atomic E-state index is 0.255. The van der Waals surface area contributed by atoms with E-state index in [4.69, 9.17) is 9.47 Å². The molecule has 2 aromatic carbocycles. The second-order valence-electron chi connectivity index (χ2n) is 5.25. The summed E-state index contributed by atoms with van der Waals surface area (Å²) in [5, 5.41) is 0.704. The number of methoxy groups -OCH3 is 2. The minimum Gasteiger partial charge on any atom is -0.493 e. The predicted molar refractivity (Wildman–Crippen MR) is 99.5 cm³/mol. The fourth-order valence-electron chi connectivity index (χ4n) is 2.38. The van der Waals surface area contributed by atoms with Crippen LogP contribution in [0.3, 0.4) is 0 Å². The molecular formula is C18H18FN3O2S. The highest BCUT2D eigenvalue weighted by atomic mass is 32.2. The zero-order chi connectivity index (χ0) is 17.8. The number of thioether (sulfide) groups is 1. The van der Waals surface area contributed by atoms with Crippen LogP contribution in [0.4, 0.5) is 10.1 Å². The van der Waals surface area contributed by atoms with Crippen LogP contribution in [0.25, 0.3) is 5.70 Å². The van der Waals surface area contributed by atoms with Gasteiger partial charge in [0.15, 0.2) is 16.7 Å². The van der Waals surface area contributed by atoms with Crippen molar-refractivity contribution >= 4 is 28.3 Å². The number of nitrogens with one attached hydrogen (secondary N) is 2. The van der Waals surface area contributed by atoms with Crippen molar-refractivity contribution in [2.45, 2.75) is 6.92 Å². The summed E-state index contributed by atoms with van der Waals surface area (Å²) in [4.78, 5) is 5.60. The molecule has 25 heavy (non-hydrogen) atoms. The maximum atomic E-state index is 13.1. The lowest BCUT2D eigenvalue weighted by Crippen LogP contribution is -2.38. The minimum atomic E-state index is -0.255. The summed E-state index contributed by atoms with van der Waals surface area (Å²) in [5.74, 6) is 1.02. The molecule has 0 aromatic heterocycles. The topological polar surface area (TPSA) is 54.9 Å². The Hall–Kier alpha value is -2.67. The van der Waals surface area contributed by atoms with Crippen LogP contribution in [0, 0.1) is 5.82 Å². The second kappa shape index (κ2) is 7.48. The summed E-state index contributed by atoms with van der Waals surface area (Å²) in [5.41, 5.74) is 8.74. The Kier molecular flexibility index (Phi) is 5.14. The van der Waals surface area contributed by atoms with Gasteiger partial charge in [0.05, 0.1) is 25.6 Å². The number of hydrogen-bond acceptors (Lipinski definition) is 5. The van der Waals surface area contributed by atoms with E-state index < -0.39 is 0 Å². The highest BCUT2D eigenvalue weighted by Gasteiger charge is 2.16. The summed E-state index contributed by atoms with van der Waals surface area (Å²) < 4.78 is 23.6. The molecule has 0 saturated heterocycles. The third kappa shape index (κ3) is 3.88. The van der Waals surface area contributed by atoms with Crippen molar-refractivity contribution in [3.8, 4) is 11.5 Å². The first-order valence-electron chi connectivity index (χ1n) is 7.58. The summed E-state index contributed by atoms with van der Waals surface area (Å²) in [7, 11) is 3.18. The monoisotopic (exact) mass is 359 g/mol. The highest BCUT2D eigenvalue weighted by Crippen LogP contribution is 2.33. The van der Waals surface area contributed by atoms with Gasteiger partial charge in [-0.15, -0.1) is 0 Å². The number of allylic oxidation sites excluding steroid dienone is 1. The average Bonchev–Trinajstić information content (AvgIpc) is 2.63. The van der Waals surface area contributed by atoms with Crippen LogP contribution < -0.4 is 20.3 Å². The molecule has 0 bridgehead atoms. The van der Waals surface area contributed by atoms with Crippen LogP contribution in [0.1, 0.15) is 12.5 Å². The van der Waals surface area contributed by atoms with Gasteiger partial charge in [-0.1, -0.05) is 11.8 Å². The van der Waals surface area contributed by atoms with Crippen molar-refractivity contribution in [2.75, 3.05) is 14.2 Å². The third-order valence-corrected chi connectivity index (χ3v) is 4.52. The van der Waals surface area contributed by atoms with Crippen molar-refractivity contribution in [2.24, 2.45) is 4.99 Å². The number of halogens is 1. The smallest absolute Gasteiger partial charge is 0.185 e. The molecule has 130 valence electrons. The van der Waals surface area contributed by atoms with Gasteiger partial charge in [-0.2, -0.15) is 0 Å². The maximum Gasteiger partial charge on any atom is 0.185 e. The number of rotatable bonds is 4. The first-order valence-corrected chi connectivity index (χ1v) is 8.40. The van der Waals surface area contributed by atoms with E-state index >= 15 is 0 Å². The second-order valence-corrected chi connectivity index (χ2v) is 6.45. The summed E-state index contributed by atoms with van der Waals surface area (Å²) in [6.45, 7) is 1.99. The fourth-order valence-corrected chi connectivity index (χ4v) is 3.19. The van der Waals surface area contributed by atoms with Crippen molar-refractivity contribution in [1.29, 1.82) is 0 Å². The van der Waals surface area contributed by atoms with Crippen molar-refractivity contribution < 1.29 is 13.9 Å². The van der Waals surface area contributed by atoms with Gasteiger partial charge in [0.1, 0.15) is 5.82 Å². The number of ether oxygens (including phenoxy) is 2. The van der Waals surface area contributed by atoms with E-state index in [-0.39, 0.29) is 5.82 Å². The summed E-state index contributed by atoms with van der Waals surface area (Å²) in [6, 6.07) is 11.8. The predicted octanol–water partition coefficient (Wildman–Crippen LogP) is 4.06. The molecule has 0 spiro atoms. The Morgan fingerprint density at radius 1 is 0.960 bits per heavy atom. The van der Waals surface area contributed by atoms with Crippen LogP contribution in [0.5, 0.6) is 11.5 Å². The van der Waals surface area contributed by atoms with Gasteiger partial charge in [-0.3, -0.25) is 10.9 Å². The molecule has 0 saturated carbocycles. The molecule has 1 aliphatic rings. The largest absolute Gasteiger partial charge is 0.493 e. The van der Waals surface area contributed by atoms with Gasteiger partial charge in [-0.25, -0.2) is 9.38 Å². The van der Waals surface area contributed by atoms with Crippen molar-refractivity contribution in [3.05, 3.63) is 58.8 Å². The lowest BCUT2D eigenvalue weighted by Gasteiger charge is -2.22. The molecule has 0 unspecified atom stereocenters. The molecule has 0 amide bonds. The highest BCUT2D eigenvalue weighted by molar-refractivity contribution is 8.17. The van der Waals surface area contributed by atoms with Gasteiger partial charge < -0.3 is 9.47 Å². The maximum absolute atomic E-state index is 13.1. The molecule has 1 aliphatic heterocycles. The number of benzene rings is 2. The van der Waals surface area contributed by atoms with Crippen LogP contribution in [0.2, 0.25) is 0 Å². The number of amidine groups is 1. The molecule has 0 radical (unpaired) electrons. The normalized spacial score (nSPS) is 15.6. The molecule has 0 atom stereocenters. The van der Waals surface area contributed by atoms with Crippen molar-refractivity contribution in [1.82, 2.24) is 10.9 Å². The van der Waals surface area contributed by atoms with Crippen LogP contribution in [-0.2, 0) is 0 Å². The summed E-state index contributed by atoms with van der Waals surface area (Å²) >= 11 is 1.50. The van der Waals surface area contributed by atoms with Gasteiger partial charge >= 0.3 is 0 Å². The first kappa shape index (κ1) is 17.2. The Labute approximate surface area is 149 Å². The lowest BCUT2D eigenvalue weighted by molar-refractivity contribution is 0.355. The number of hydrazine groups is 1. The molecule has 7 heteroatoms. The van der Waals surface area contributed by atoms with Gasteiger partial charge in [0, 0.05) is 16.5 Å². The lowest BCUT2D eigenvalue weighted by atomic mass is 10.1. The van der Waals surface area contributed by atoms with E-state index in [1.807, 2.05) is 25.1 Å². The number of nitrogens with zero attached hydrogens (tertiary/aromatic N) is 1. The van der Waals surface area contributed by atoms with Gasteiger partial charge in [0.2, 0.25) is 0 Å². The molecule has 1 heterocycles. The number of hydrogen-bond donors (Lipinski definition) is 2. The SMILES string of the molecule is COc1ccc(N=C2NNC(c3ccc(F)cc3)=C(C)S2)cc1OC. The van der Waals surface area contributed by atoms with E-state index in [2.05, 4.69) is 15.8 Å². The van der Waals surface area contributed by atoms with Gasteiger partial charge in [0.25, 0.3) is 0 Å². The van der Waals surface area contributed by atoms with E-state index in [1.165, 1.54) is 23.9 Å². The van der Waals surface area contributed by atoms with E-state index in [0.717, 1.165) is 21.9 Å². The van der Waals surface area contributed by atoms with Crippen LogP contribution in [-0.4, -0.2) is 19.4 Å². The average molecular weight is 359 g/mol. The number of aliphatic imine (C=N–C) groups is 1. The Morgan fingerprint density at radius 2 is 1.68 bits per heavy atom. The zero-order valence-corrected chi connectivity index (χ0v) is 14.9. The quantitative estimate of drug-likeness (QED) is 0.862. The molecule has 2 N–H and O–H groups in total. The Morgan fingerprint density at radius 3 is 2.32 bits per heavy atom. The van der Waals surface area contributed by atoms with Crippen molar-refractivity contribution in [3.63, 3.8) is 0 Å². The van der Waals surface area contributed by atoms with E-state index in [9.17, 15) is 4.39 Å². The molecule has 2 aromatic rings. The fraction of sp³-hybridized carbons (Fsp3) is 0.167. The first-order chi connectivity index (χ1) is 12.1. The van der Waals surface area contributed by atoms with Gasteiger partial charge in [-0.05, 0) is 43.3 Å². The molecule has 3 rings (SSSR count). The van der Waals surface area contributed by atoms with Crippen LogP contribution in [0.15, 0.2) is 52.4 Å². The standard InChI is InChI=1S/C18H18FN3O2S/c1-11-17(12-4-6-13(19)7-5-12)21-22-18(25-11)20-14-8-9-15(23-2)16(10-14)24-3/h4-10,21H,1-3H3,(H,20,22). The van der Waals surface area contributed by atoms with E-state index in [1.54, 1.807) is 26.4 Å². The van der Waals surface area contributed by atoms with Crippen LogP contribution >= 0.6 is 11.8 Å². The Bertz CT molecular complexity index is 835. The zero-order valence-electron chi connectivity index (χ0n) is 14.1. The summed E-state index contributed by atoms with van der Waals surface area (Å²) in [6.07, 6.45) is 0. The van der Waals surface area contributed by atoms with E-state index in [0.29, 0.717) is 16.7 Å².